The summed E-state index contributed by atoms with van der Waals surface area (Å²) in [6.07, 6.45) is 0. The van der Waals surface area contributed by atoms with Crippen molar-refractivity contribution in [1.82, 2.24) is 4.90 Å². The molecule has 1 aromatic carbocycles. The van der Waals surface area contributed by atoms with Gasteiger partial charge in [-0.15, -0.1) is 0 Å². The molecule has 1 amide bonds. The summed E-state index contributed by atoms with van der Waals surface area (Å²) >= 11 is 0. The van der Waals surface area contributed by atoms with E-state index in [1.165, 1.54) is 0 Å². The van der Waals surface area contributed by atoms with E-state index in [1.54, 1.807) is 19.1 Å². The summed E-state index contributed by atoms with van der Waals surface area (Å²) in [5.41, 5.74) is 6.84. The van der Waals surface area contributed by atoms with Crippen LogP contribution in [0.3, 0.4) is 0 Å². The smallest absolute Gasteiger partial charge is 0.242 e. The molecule has 0 spiro atoms. The second kappa shape index (κ2) is 4.86. The number of hydrogen-bond donors (Lipinski definition) is 1. The second-order valence-corrected chi connectivity index (χ2v) is 4.21. The molecule has 2 N–H and O–H groups in total. The highest BCUT2D eigenvalue weighted by molar-refractivity contribution is 5.89. The van der Waals surface area contributed by atoms with Gasteiger partial charge in [0.15, 0.2) is 11.5 Å². The van der Waals surface area contributed by atoms with Crippen LogP contribution >= 0.6 is 0 Å². The van der Waals surface area contributed by atoms with E-state index in [4.69, 9.17) is 15.2 Å². The quantitative estimate of drug-likeness (QED) is 0.807. The summed E-state index contributed by atoms with van der Waals surface area (Å²) in [6.45, 7) is 2.60. The molecule has 0 saturated carbocycles. The van der Waals surface area contributed by atoms with Crippen LogP contribution in [0.5, 0.6) is 11.5 Å². The van der Waals surface area contributed by atoms with Crippen LogP contribution in [0.4, 0.5) is 0 Å². The third-order valence-corrected chi connectivity index (χ3v) is 3.33. The summed E-state index contributed by atoms with van der Waals surface area (Å²) in [7, 11) is 3.18. The lowest BCUT2D eigenvalue weighted by Crippen LogP contribution is -2.62. The minimum absolute atomic E-state index is 0.00251. The van der Waals surface area contributed by atoms with E-state index in [9.17, 15) is 4.79 Å². The Morgan fingerprint density at radius 3 is 2.50 bits per heavy atom. The number of nitrogens with zero attached hydrogens (tertiary/aromatic N) is 1. The van der Waals surface area contributed by atoms with Crippen molar-refractivity contribution in [2.75, 3.05) is 20.8 Å². The van der Waals surface area contributed by atoms with E-state index in [0.29, 0.717) is 18.0 Å². The van der Waals surface area contributed by atoms with Gasteiger partial charge < -0.3 is 20.1 Å². The van der Waals surface area contributed by atoms with Crippen molar-refractivity contribution in [3.05, 3.63) is 23.8 Å². The van der Waals surface area contributed by atoms with Crippen molar-refractivity contribution in [3.63, 3.8) is 0 Å². The first kappa shape index (κ1) is 12.7. The molecule has 1 heterocycles. The molecule has 1 fully saturated rings. The Bertz CT molecular complexity index is 462. The van der Waals surface area contributed by atoms with Crippen molar-refractivity contribution < 1.29 is 14.3 Å². The van der Waals surface area contributed by atoms with Crippen molar-refractivity contribution >= 4 is 5.91 Å². The number of carbonyl (C=O) groups excluding carboxylic acids is 1. The molecule has 18 heavy (non-hydrogen) atoms. The number of ether oxygens (including phenoxy) is 2. The third kappa shape index (κ3) is 1.80. The lowest BCUT2D eigenvalue weighted by Gasteiger charge is -2.45. The van der Waals surface area contributed by atoms with Gasteiger partial charge in [-0.3, -0.25) is 4.79 Å². The number of likely N-dealkylation sites (N-methyl/N-ethyl adjacent to an activating group) is 1. The minimum atomic E-state index is -0.456. The SMILES string of the molecule is CCN1C(=O)[C@@H](N)[C@@H]1c1ccc(OC)c(OC)c1. The Morgan fingerprint density at radius 1 is 1.28 bits per heavy atom. The number of amides is 1. The fourth-order valence-corrected chi connectivity index (χ4v) is 2.35. The molecule has 98 valence electrons. The van der Waals surface area contributed by atoms with E-state index in [1.807, 2.05) is 25.1 Å². The highest BCUT2D eigenvalue weighted by Gasteiger charge is 2.44. The lowest BCUT2D eigenvalue weighted by atomic mass is 9.89. The lowest BCUT2D eigenvalue weighted by molar-refractivity contribution is -0.149. The molecular formula is C13H18N2O3. The predicted octanol–water partition coefficient (Wildman–Crippen LogP) is 0.934. The summed E-state index contributed by atoms with van der Waals surface area (Å²) < 4.78 is 10.4. The molecule has 0 aliphatic carbocycles. The molecule has 2 atom stereocenters. The number of hydrogen-bond acceptors (Lipinski definition) is 4. The normalized spacial score (nSPS) is 22.7. The van der Waals surface area contributed by atoms with Gasteiger partial charge in [-0.25, -0.2) is 0 Å². The monoisotopic (exact) mass is 250 g/mol. The van der Waals surface area contributed by atoms with Crippen molar-refractivity contribution in [1.29, 1.82) is 0 Å². The molecule has 1 saturated heterocycles. The van der Waals surface area contributed by atoms with Gasteiger partial charge >= 0.3 is 0 Å². The Balaban J connectivity index is 2.31. The van der Waals surface area contributed by atoms with Gasteiger partial charge in [0.05, 0.1) is 20.3 Å². The van der Waals surface area contributed by atoms with E-state index >= 15 is 0 Å². The number of nitrogens with two attached hydrogens (primary N) is 1. The van der Waals surface area contributed by atoms with E-state index in [-0.39, 0.29) is 11.9 Å². The minimum Gasteiger partial charge on any atom is -0.493 e. The maximum absolute atomic E-state index is 11.6. The van der Waals surface area contributed by atoms with Crippen molar-refractivity contribution in [2.24, 2.45) is 5.73 Å². The van der Waals surface area contributed by atoms with Gasteiger partial charge in [0.25, 0.3) is 0 Å². The molecule has 1 aromatic rings. The molecule has 0 radical (unpaired) electrons. The van der Waals surface area contributed by atoms with Crippen molar-refractivity contribution in [2.45, 2.75) is 19.0 Å². The summed E-state index contributed by atoms with van der Waals surface area (Å²) in [4.78, 5) is 13.4. The second-order valence-electron chi connectivity index (χ2n) is 4.21. The standard InChI is InChI=1S/C13H18N2O3/c1-4-15-12(11(14)13(15)16)8-5-6-9(17-2)10(7-8)18-3/h5-7,11-12H,4,14H2,1-3H3/t11-,12-/m0/s1. The zero-order valence-electron chi connectivity index (χ0n) is 10.8. The molecule has 0 aromatic heterocycles. The predicted molar refractivity (Wildman–Crippen MR) is 67.6 cm³/mol. The highest BCUT2D eigenvalue weighted by atomic mass is 16.5. The van der Waals surface area contributed by atoms with Crippen LogP contribution in [0, 0.1) is 0 Å². The molecular weight excluding hydrogens is 232 g/mol. The van der Waals surface area contributed by atoms with Crippen LogP contribution in [-0.4, -0.2) is 37.6 Å². The highest BCUT2D eigenvalue weighted by Crippen LogP contribution is 2.37. The van der Waals surface area contributed by atoms with E-state index < -0.39 is 6.04 Å². The molecule has 5 heteroatoms. The number of methoxy groups -OCH3 is 2. The number of carbonyl (C=O) groups is 1. The van der Waals surface area contributed by atoms with Crippen LogP contribution < -0.4 is 15.2 Å². The molecule has 1 aliphatic heterocycles. The zero-order chi connectivity index (χ0) is 13.3. The zero-order valence-corrected chi connectivity index (χ0v) is 10.8. The van der Waals surface area contributed by atoms with Crippen LogP contribution in [0.25, 0.3) is 0 Å². The van der Waals surface area contributed by atoms with E-state index in [2.05, 4.69) is 0 Å². The summed E-state index contributed by atoms with van der Waals surface area (Å²) in [5.74, 6) is 1.32. The average molecular weight is 250 g/mol. The summed E-state index contributed by atoms with van der Waals surface area (Å²) in [5, 5.41) is 0. The topological polar surface area (TPSA) is 64.8 Å². The third-order valence-electron chi connectivity index (χ3n) is 3.33. The number of rotatable bonds is 4. The van der Waals surface area contributed by atoms with Gasteiger partial charge in [0, 0.05) is 6.54 Å². The maximum atomic E-state index is 11.6. The molecule has 0 unspecified atom stereocenters. The van der Waals surface area contributed by atoms with Gasteiger partial charge in [0.1, 0.15) is 6.04 Å². The fourth-order valence-electron chi connectivity index (χ4n) is 2.35. The van der Waals surface area contributed by atoms with Crippen molar-refractivity contribution in [3.8, 4) is 11.5 Å². The molecule has 1 aliphatic rings. The first-order valence-corrected chi connectivity index (χ1v) is 5.92. The van der Waals surface area contributed by atoms with Gasteiger partial charge in [-0.1, -0.05) is 6.07 Å². The first-order valence-electron chi connectivity index (χ1n) is 5.92. The number of β-lactam (4-membered cyclic amide) rings is 1. The number of benzene rings is 1. The van der Waals surface area contributed by atoms with E-state index in [0.717, 1.165) is 5.56 Å². The average Bonchev–Trinajstić information content (AvgIpc) is 2.42. The maximum Gasteiger partial charge on any atom is 0.242 e. The Hall–Kier alpha value is -1.75. The van der Waals surface area contributed by atoms with Crippen LogP contribution in [0.1, 0.15) is 18.5 Å². The van der Waals surface area contributed by atoms with Gasteiger partial charge in [-0.2, -0.15) is 0 Å². The fraction of sp³-hybridized carbons (Fsp3) is 0.462. The number of likely N-dealkylation sites (tertiary alicyclic amines) is 1. The first-order chi connectivity index (χ1) is 8.63. The molecule has 2 rings (SSSR count). The van der Waals surface area contributed by atoms with Gasteiger partial charge in [0.2, 0.25) is 5.91 Å². The largest absolute Gasteiger partial charge is 0.493 e. The molecule has 5 nitrogen and oxygen atoms in total. The van der Waals surface area contributed by atoms with Gasteiger partial charge in [-0.05, 0) is 24.6 Å². The molecule has 0 bridgehead atoms. The van der Waals surface area contributed by atoms with Crippen LogP contribution in [-0.2, 0) is 4.79 Å². The van der Waals surface area contributed by atoms with Crippen LogP contribution in [0.15, 0.2) is 18.2 Å². The Morgan fingerprint density at radius 2 is 1.94 bits per heavy atom. The summed E-state index contributed by atoms with van der Waals surface area (Å²) in [6, 6.07) is 5.10. The van der Waals surface area contributed by atoms with Crippen LogP contribution in [0.2, 0.25) is 0 Å². The Kier molecular flexibility index (Phi) is 3.43. The Labute approximate surface area is 106 Å².